The van der Waals surface area contributed by atoms with Crippen LogP contribution >= 0.6 is 0 Å². The summed E-state index contributed by atoms with van der Waals surface area (Å²) in [5, 5.41) is 3.02. The van der Waals surface area contributed by atoms with E-state index in [9.17, 15) is 4.79 Å². The fraction of sp³-hybridized carbons (Fsp3) is 0.929. The van der Waals surface area contributed by atoms with Crippen molar-refractivity contribution in [2.75, 3.05) is 45.9 Å². The van der Waals surface area contributed by atoms with E-state index in [1.165, 1.54) is 0 Å². The van der Waals surface area contributed by atoms with Crippen molar-refractivity contribution in [2.24, 2.45) is 0 Å². The molecule has 1 aliphatic rings. The Hall–Kier alpha value is -0.810. The van der Waals surface area contributed by atoms with Crippen LogP contribution in [0.3, 0.4) is 0 Å². The molecule has 0 saturated carbocycles. The highest BCUT2D eigenvalue weighted by Crippen LogP contribution is 2.08. The number of urea groups is 1. The van der Waals surface area contributed by atoms with Crippen LogP contribution in [0.15, 0.2) is 0 Å². The van der Waals surface area contributed by atoms with Crippen LogP contribution in [0.2, 0.25) is 0 Å². The number of hydrogen-bond donors (Lipinski definition) is 1. The molecular formula is C14H29N3O2. The first-order chi connectivity index (χ1) is 9.19. The molecule has 0 aliphatic carbocycles. The van der Waals surface area contributed by atoms with Crippen molar-refractivity contribution in [2.45, 2.75) is 39.7 Å². The number of nitrogens with one attached hydrogen (secondary N) is 1. The average Bonchev–Trinajstić information content (AvgIpc) is 2.63. The lowest BCUT2D eigenvalue weighted by Gasteiger charge is -2.26. The Kier molecular flexibility index (Phi) is 7.82. The van der Waals surface area contributed by atoms with E-state index in [0.29, 0.717) is 13.2 Å². The van der Waals surface area contributed by atoms with Gasteiger partial charge >= 0.3 is 6.03 Å². The van der Waals surface area contributed by atoms with Crippen molar-refractivity contribution in [3.8, 4) is 0 Å². The van der Waals surface area contributed by atoms with E-state index in [1.807, 2.05) is 4.90 Å². The summed E-state index contributed by atoms with van der Waals surface area (Å²) in [4.78, 5) is 16.4. The molecule has 1 heterocycles. The van der Waals surface area contributed by atoms with Crippen molar-refractivity contribution in [3.63, 3.8) is 0 Å². The minimum atomic E-state index is 0.0533. The summed E-state index contributed by atoms with van der Waals surface area (Å²) in [6.45, 7) is 12.5. The van der Waals surface area contributed by atoms with Crippen LogP contribution < -0.4 is 5.32 Å². The first kappa shape index (κ1) is 16.2. The molecule has 1 aliphatic heterocycles. The summed E-state index contributed by atoms with van der Waals surface area (Å²) < 4.78 is 5.40. The number of ether oxygens (including phenoxy) is 1. The van der Waals surface area contributed by atoms with Crippen LogP contribution in [0.1, 0.15) is 33.6 Å². The fourth-order valence-corrected chi connectivity index (χ4v) is 2.34. The maximum Gasteiger partial charge on any atom is 0.317 e. The molecule has 0 spiro atoms. The molecule has 2 amide bonds. The summed E-state index contributed by atoms with van der Waals surface area (Å²) in [5.41, 5.74) is 0. The maximum atomic E-state index is 12.1. The maximum absolute atomic E-state index is 12.1. The van der Waals surface area contributed by atoms with Gasteiger partial charge in [-0.3, -0.25) is 0 Å². The first-order valence-corrected chi connectivity index (χ1v) is 7.53. The molecule has 19 heavy (non-hydrogen) atoms. The van der Waals surface area contributed by atoms with E-state index in [4.69, 9.17) is 4.74 Å². The molecule has 5 heteroatoms. The SMILES string of the molecule is CCN(CC)CCCNC(=O)N1CCOCCC1C. The van der Waals surface area contributed by atoms with Gasteiger partial charge in [0.1, 0.15) is 0 Å². The predicted octanol–water partition coefficient (Wildman–Crippen LogP) is 1.54. The van der Waals surface area contributed by atoms with Gasteiger partial charge in [0.05, 0.1) is 6.61 Å². The number of hydrogen-bond acceptors (Lipinski definition) is 3. The second-order valence-electron chi connectivity index (χ2n) is 5.06. The van der Waals surface area contributed by atoms with Gasteiger partial charge in [-0.25, -0.2) is 4.79 Å². The van der Waals surface area contributed by atoms with Gasteiger partial charge in [-0.2, -0.15) is 0 Å². The molecule has 112 valence electrons. The number of carbonyl (C=O) groups is 1. The van der Waals surface area contributed by atoms with E-state index in [0.717, 1.165) is 45.6 Å². The van der Waals surface area contributed by atoms with Gasteiger partial charge < -0.3 is 19.9 Å². The minimum absolute atomic E-state index is 0.0533. The molecule has 1 fully saturated rings. The molecular weight excluding hydrogens is 242 g/mol. The molecule has 0 bridgehead atoms. The number of carbonyl (C=O) groups excluding carboxylic acids is 1. The van der Waals surface area contributed by atoms with Gasteiger partial charge in [-0.1, -0.05) is 13.8 Å². The zero-order valence-electron chi connectivity index (χ0n) is 12.7. The van der Waals surface area contributed by atoms with Crippen molar-refractivity contribution in [1.29, 1.82) is 0 Å². The Morgan fingerprint density at radius 1 is 1.37 bits per heavy atom. The second-order valence-corrected chi connectivity index (χ2v) is 5.06. The molecule has 0 aromatic rings. The van der Waals surface area contributed by atoms with E-state index < -0.39 is 0 Å². The Bertz CT molecular complexity index is 257. The highest BCUT2D eigenvalue weighted by atomic mass is 16.5. The lowest BCUT2D eigenvalue weighted by molar-refractivity contribution is 0.142. The topological polar surface area (TPSA) is 44.8 Å². The Labute approximate surface area is 117 Å². The summed E-state index contributed by atoms with van der Waals surface area (Å²) in [7, 11) is 0. The van der Waals surface area contributed by atoms with Crippen molar-refractivity contribution < 1.29 is 9.53 Å². The standard InChI is InChI=1S/C14H29N3O2/c1-4-16(5-2)9-6-8-15-14(18)17-10-12-19-11-7-13(17)3/h13H,4-12H2,1-3H3,(H,15,18). The van der Waals surface area contributed by atoms with Crippen molar-refractivity contribution in [1.82, 2.24) is 15.1 Å². The fourth-order valence-electron chi connectivity index (χ4n) is 2.34. The summed E-state index contributed by atoms with van der Waals surface area (Å²) in [6.07, 6.45) is 1.93. The van der Waals surface area contributed by atoms with Gasteiger partial charge in [-0.15, -0.1) is 0 Å². The zero-order valence-corrected chi connectivity index (χ0v) is 12.7. The average molecular weight is 271 g/mol. The third-order valence-electron chi connectivity index (χ3n) is 3.77. The van der Waals surface area contributed by atoms with E-state index in [1.54, 1.807) is 0 Å². The van der Waals surface area contributed by atoms with Crippen molar-refractivity contribution in [3.05, 3.63) is 0 Å². The summed E-state index contributed by atoms with van der Waals surface area (Å²) in [5.74, 6) is 0. The molecule has 1 unspecified atom stereocenters. The molecule has 1 N–H and O–H groups in total. The lowest BCUT2D eigenvalue weighted by atomic mass is 10.2. The van der Waals surface area contributed by atoms with Crippen LogP contribution in [-0.2, 0) is 4.74 Å². The second kappa shape index (κ2) is 9.15. The number of rotatable bonds is 6. The predicted molar refractivity (Wildman–Crippen MR) is 77.4 cm³/mol. The van der Waals surface area contributed by atoms with Crippen LogP contribution in [0, 0.1) is 0 Å². The third-order valence-corrected chi connectivity index (χ3v) is 3.77. The normalized spacial score (nSPS) is 20.4. The van der Waals surface area contributed by atoms with Gasteiger partial charge in [0.15, 0.2) is 0 Å². The Morgan fingerprint density at radius 3 is 2.79 bits per heavy atom. The smallest absolute Gasteiger partial charge is 0.317 e. The minimum Gasteiger partial charge on any atom is -0.380 e. The molecule has 1 rings (SSSR count). The van der Waals surface area contributed by atoms with Crippen LogP contribution in [0.4, 0.5) is 4.79 Å². The lowest BCUT2D eigenvalue weighted by Crippen LogP contribution is -2.46. The third kappa shape index (κ3) is 5.78. The van der Waals surface area contributed by atoms with Crippen LogP contribution in [0.5, 0.6) is 0 Å². The van der Waals surface area contributed by atoms with E-state index >= 15 is 0 Å². The highest BCUT2D eigenvalue weighted by Gasteiger charge is 2.21. The van der Waals surface area contributed by atoms with E-state index in [-0.39, 0.29) is 12.1 Å². The Morgan fingerprint density at radius 2 is 2.11 bits per heavy atom. The zero-order chi connectivity index (χ0) is 14.1. The van der Waals surface area contributed by atoms with E-state index in [2.05, 4.69) is 31.0 Å². The van der Waals surface area contributed by atoms with Crippen LogP contribution in [-0.4, -0.2) is 67.8 Å². The van der Waals surface area contributed by atoms with Gasteiger partial charge in [-0.05, 0) is 39.4 Å². The molecule has 0 radical (unpaired) electrons. The quantitative estimate of drug-likeness (QED) is 0.745. The van der Waals surface area contributed by atoms with Gasteiger partial charge in [0.25, 0.3) is 0 Å². The first-order valence-electron chi connectivity index (χ1n) is 7.53. The van der Waals surface area contributed by atoms with Gasteiger partial charge in [0.2, 0.25) is 0 Å². The molecule has 1 saturated heterocycles. The largest absolute Gasteiger partial charge is 0.380 e. The summed E-state index contributed by atoms with van der Waals surface area (Å²) >= 11 is 0. The molecule has 0 aromatic heterocycles. The Balaban J connectivity index is 2.22. The highest BCUT2D eigenvalue weighted by molar-refractivity contribution is 5.74. The molecule has 0 aromatic carbocycles. The summed E-state index contributed by atoms with van der Waals surface area (Å²) in [6, 6.07) is 0.322. The van der Waals surface area contributed by atoms with Gasteiger partial charge in [0, 0.05) is 25.7 Å². The van der Waals surface area contributed by atoms with Crippen LogP contribution in [0.25, 0.3) is 0 Å². The number of amides is 2. The molecule has 5 nitrogen and oxygen atoms in total. The monoisotopic (exact) mass is 271 g/mol. The molecule has 1 atom stereocenters. The number of nitrogens with zero attached hydrogens (tertiary/aromatic N) is 2. The van der Waals surface area contributed by atoms with Crippen molar-refractivity contribution >= 4 is 6.03 Å².